The van der Waals surface area contributed by atoms with Gasteiger partial charge in [-0.15, -0.1) is 0 Å². The van der Waals surface area contributed by atoms with Crippen molar-refractivity contribution in [1.29, 1.82) is 0 Å². The molecule has 1 aromatic carbocycles. The van der Waals surface area contributed by atoms with Gasteiger partial charge in [0.1, 0.15) is 11.3 Å². The maximum absolute atomic E-state index is 11.5. The van der Waals surface area contributed by atoms with Crippen molar-refractivity contribution in [3.05, 3.63) is 46.7 Å². The summed E-state index contributed by atoms with van der Waals surface area (Å²) in [6.07, 6.45) is 0. The Kier molecular flexibility index (Phi) is 2.71. The average Bonchev–Trinajstić information content (AvgIpc) is 2.25. The first-order valence-corrected chi connectivity index (χ1v) is 5.07. The molecule has 0 atom stereocenters. The highest BCUT2D eigenvalue weighted by molar-refractivity contribution is 5.83. The summed E-state index contributed by atoms with van der Waals surface area (Å²) >= 11 is 0. The largest absolute Gasteiger partial charge is 0.426 e. The zero-order valence-corrected chi connectivity index (χ0v) is 9.57. The molecule has 2 aromatic rings. The molecule has 0 N–H and O–H groups in total. The van der Waals surface area contributed by atoms with Gasteiger partial charge in [-0.1, -0.05) is 0 Å². The SMILES string of the molecule is [CH2]C(=O)Oc1ccc2c(C)c(C)c(=O)oc2c1. The Balaban J connectivity index is 2.67. The van der Waals surface area contributed by atoms with Crippen LogP contribution in [-0.2, 0) is 4.79 Å². The predicted octanol–water partition coefficient (Wildman–Crippen LogP) is 2.15. The summed E-state index contributed by atoms with van der Waals surface area (Å²) in [5.41, 5.74) is 1.47. The number of carbonyl (C=O) groups excluding carboxylic acids is 1. The van der Waals surface area contributed by atoms with Crippen LogP contribution in [0.3, 0.4) is 0 Å². The lowest BCUT2D eigenvalue weighted by atomic mass is 10.1. The number of fused-ring (bicyclic) bond motifs is 1. The number of carbonyl (C=O) groups is 1. The minimum atomic E-state index is -0.657. The number of benzene rings is 1. The van der Waals surface area contributed by atoms with Crippen molar-refractivity contribution in [3.8, 4) is 5.75 Å². The molecule has 0 unspecified atom stereocenters. The van der Waals surface area contributed by atoms with Gasteiger partial charge in [-0.05, 0) is 31.5 Å². The number of aryl methyl sites for hydroxylation is 1. The maximum Gasteiger partial charge on any atom is 0.339 e. The van der Waals surface area contributed by atoms with Crippen LogP contribution in [0.2, 0.25) is 0 Å². The fraction of sp³-hybridized carbons (Fsp3) is 0.154. The van der Waals surface area contributed by atoms with Crippen LogP contribution in [0.25, 0.3) is 11.0 Å². The minimum Gasteiger partial charge on any atom is -0.426 e. The molecule has 0 saturated heterocycles. The molecular formula is C13H11O4. The van der Waals surface area contributed by atoms with Crippen LogP contribution >= 0.6 is 0 Å². The lowest BCUT2D eigenvalue weighted by Gasteiger charge is -2.06. The molecule has 1 heterocycles. The molecule has 0 aliphatic heterocycles. The van der Waals surface area contributed by atoms with Crippen molar-refractivity contribution in [2.45, 2.75) is 13.8 Å². The summed E-state index contributed by atoms with van der Waals surface area (Å²) in [5.74, 6) is -0.348. The Hall–Kier alpha value is -2.10. The molecule has 4 nitrogen and oxygen atoms in total. The highest BCUT2D eigenvalue weighted by atomic mass is 16.5. The Morgan fingerprint density at radius 2 is 2.00 bits per heavy atom. The third kappa shape index (κ3) is 2.06. The van der Waals surface area contributed by atoms with E-state index in [0.29, 0.717) is 16.9 Å². The van der Waals surface area contributed by atoms with E-state index >= 15 is 0 Å². The van der Waals surface area contributed by atoms with Gasteiger partial charge in [0.15, 0.2) is 0 Å². The fourth-order valence-corrected chi connectivity index (χ4v) is 1.62. The molecule has 0 saturated carbocycles. The van der Waals surface area contributed by atoms with E-state index in [2.05, 4.69) is 6.92 Å². The second kappa shape index (κ2) is 4.05. The van der Waals surface area contributed by atoms with Crippen molar-refractivity contribution >= 4 is 16.9 Å². The van der Waals surface area contributed by atoms with Gasteiger partial charge >= 0.3 is 11.6 Å². The quantitative estimate of drug-likeness (QED) is 0.428. The average molecular weight is 231 g/mol. The van der Waals surface area contributed by atoms with Gasteiger partial charge in [-0.3, -0.25) is 4.79 Å². The number of ether oxygens (including phenoxy) is 1. The molecule has 0 fully saturated rings. The fourth-order valence-electron chi connectivity index (χ4n) is 1.62. The lowest BCUT2D eigenvalue weighted by molar-refractivity contribution is -0.129. The first kappa shape index (κ1) is 11.4. The van der Waals surface area contributed by atoms with Crippen molar-refractivity contribution in [2.24, 2.45) is 0 Å². The van der Waals surface area contributed by atoms with Gasteiger partial charge in [0.25, 0.3) is 0 Å². The smallest absolute Gasteiger partial charge is 0.339 e. The van der Waals surface area contributed by atoms with Crippen molar-refractivity contribution in [2.75, 3.05) is 0 Å². The molecule has 0 aliphatic rings. The third-order valence-electron chi connectivity index (χ3n) is 2.66. The lowest BCUT2D eigenvalue weighted by Crippen LogP contribution is -2.06. The Labute approximate surface area is 97.8 Å². The zero-order valence-electron chi connectivity index (χ0n) is 9.57. The molecule has 2 rings (SSSR count). The molecular weight excluding hydrogens is 220 g/mol. The van der Waals surface area contributed by atoms with Crippen LogP contribution < -0.4 is 10.4 Å². The van der Waals surface area contributed by atoms with Crippen LogP contribution in [0, 0.1) is 20.8 Å². The Bertz CT molecular complexity index is 652. The molecule has 0 spiro atoms. The van der Waals surface area contributed by atoms with E-state index in [0.717, 1.165) is 10.9 Å². The van der Waals surface area contributed by atoms with Crippen LogP contribution in [0.1, 0.15) is 11.1 Å². The van der Waals surface area contributed by atoms with E-state index < -0.39 is 5.97 Å². The second-order valence-corrected chi connectivity index (χ2v) is 3.77. The molecule has 0 amide bonds. The summed E-state index contributed by atoms with van der Waals surface area (Å²) < 4.78 is 9.95. The van der Waals surface area contributed by atoms with Crippen LogP contribution in [-0.4, -0.2) is 5.97 Å². The normalized spacial score (nSPS) is 10.5. The molecule has 4 heteroatoms. The van der Waals surface area contributed by atoms with Gasteiger partial charge in [0, 0.05) is 17.0 Å². The highest BCUT2D eigenvalue weighted by Gasteiger charge is 2.08. The van der Waals surface area contributed by atoms with E-state index in [1.165, 1.54) is 6.07 Å². The molecule has 1 radical (unpaired) electrons. The van der Waals surface area contributed by atoms with Crippen molar-refractivity contribution in [3.63, 3.8) is 0 Å². The zero-order chi connectivity index (χ0) is 12.6. The van der Waals surface area contributed by atoms with E-state index in [9.17, 15) is 9.59 Å². The molecule has 1 aromatic heterocycles. The van der Waals surface area contributed by atoms with Gasteiger partial charge < -0.3 is 9.15 Å². The van der Waals surface area contributed by atoms with Crippen molar-refractivity contribution < 1.29 is 13.9 Å². The second-order valence-electron chi connectivity index (χ2n) is 3.77. The predicted molar refractivity (Wildman–Crippen MR) is 63.0 cm³/mol. The summed E-state index contributed by atoms with van der Waals surface area (Å²) in [5, 5.41) is 0.825. The first-order chi connectivity index (χ1) is 7.99. The number of hydrogen-bond donors (Lipinski definition) is 0. The van der Waals surface area contributed by atoms with E-state index in [1.807, 2.05) is 6.92 Å². The topological polar surface area (TPSA) is 56.5 Å². The highest BCUT2D eigenvalue weighted by Crippen LogP contribution is 2.23. The van der Waals surface area contributed by atoms with E-state index in [4.69, 9.17) is 9.15 Å². The third-order valence-corrected chi connectivity index (χ3v) is 2.66. The standard InChI is InChI=1S/C13H11O4/c1-7-8(2)13(15)17-12-6-10(16-9(3)14)4-5-11(7)12/h4-6H,3H2,1-2H3. The summed E-state index contributed by atoms with van der Waals surface area (Å²) in [4.78, 5) is 22.2. The Morgan fingerprint density at radius 1 is 1.29 bits per heavy atom. The van der Waals surface area contributed by atoms with Gasteiger partial charge in [-0.2, -0.15) is 0 Å². The van der Waals surface area contributed by atoms with Gasteiger partial charge in [0.05, 0.1) is 6.92 Å². The van der Waals surface area contributed by atoms with Crippen molar-refractivity contribution in [1.82, 2.24) is 0 Å². The number of esters is 1. The van der Waals surface area contributed by atoms with Gasteiger partial charge in [-0.25, -0.2) is 4.79 Å². The number of hydrogen-bond acceptors (Lipinski definition) is 4. The van der Waals surface area contributed by atoms with Gasteiger partial charge in [0.2, 0.25) is 0 Å². The number of rotatable bonds is 1. The molecule has 87 valence electrons. The van der Waals surface area contributed by atoms with E-state index in [1.54, 1.807) is 19.1 Å². The minimum absolute atomic E-state index is 0.309. The first-order valence-electron chi connectivity index (χ1n) is 5.07. The maximum atomic E-state index is 11.5. The molecule has 0 aliphatic carbocycles. The van der Waals surface area contributed by atoms with Crippen LogP contribution in [0.4, 0.5) is 0 Å². The monoisotopic (exact) mass is 231 g/mol. The molecule has 17 heavy (non-hydrogen) atoms. The Morgan fingerprint density at radius 3 is 2.65 bits per heavy atom. The summed E-state index contributed by atoms with van der Waals surface area (Å²) in [6, 6.07) is 4.89. The summed E-state index contributed by atoms with van der Waals surface area (Å²) in [6.45, 7) is 6.67. The van der Waals surface area contributed by atoms with Crippen LogP contribution in [0.15, 0.2) is 27.4 Å². The molecule has 0 bridgehead atoms. The van der Waals surface area contributed by atoms with Crippen LogP contribution in [0.5, 0.6) is 5.75 Å². The van der Waals surface area contributed by atoms with E-state index in [-0.39, 0.29) is 5.63 Å². The summed E-state index contributed by atoms with van der Waals surface area (Å²) in [7, 11) is 0.